The minimum atomic E-state index is -1.09. The van der Waals surface area contributed by atoms with Gasteiger partial charge in [0.15, 0.2) is 11.5 Å². The van der Waals surface area contributed by atoms with E-state index in [1.54, 1.807) is 12.1 Å². The number of H-pyrrole nitrogens is 2. The Hall–Kier alpha value is -3.56. The monoisotopic (exact) mass is 349 g/mol. The lowest BCUT2D eigenvalue weighted by Crippen LogP contribution is -2.25. The van der Waals surface area contributed by atoms with Crippen LogP contribution in [0.5, 0.6) is 17.2 Å². The SMILES string of the molecule is COc1ccc(/C=C/c2[nH]c(=O)[nH]c(=O)c2[N+](=O)[O-])c(OC)c1OC. The summed E-state index contributed by atoms with van der Waals surface area (Å²) in [6, 6.07) is 3.25. The van der Waals surface area contributed by atoms with E-state index in [1.807, 2.05) is 4.98 Å². The highest BCUT2D eigenvalue weighted by atomic mass is 16.6. The zero-order chi connectivity index (χ0) is 18.6. The summed E-state index contributed by atoms with van der Waals surface area (Å²) in [7, 11) is 4.33. The molecule has 25 heavy (non-hydrogen) atoms. The van der Waals surface area contributed by atoms with E-state index in [9.17, 15) is 19.7 Å². The Balaban J connectivity index is 2.60. The Morgan fingerprint density at radius 2 is 1.68 bits per heavy atom. The van der Waals surface area contributed by atoms with Crippen LogP contribution in [-0.2, 0) is 0 Å². The number of aromatic nitrogens is 2. The maximum Gasteiger partial charge on any atom is 0.357 e. The third-order valence-corrected chi connectivity index (χ3v) is 3.29. The van der Waals surface area contributed by atoms with Crippen LogP contribution in [0.1, 0.15) is 11.3 Å². The van der Waals surface area contributed by atoms with Gasteiger partial charge >= 0.3 is 16.9 Å². The minimum Gasteiger partial charge on any atom is -0.493 e. The molecule has 0 radical (unpaired) electrons. The fourth-order valence-corrected chi connectivity index (χ4v) is 2.23. The summed E-state index contributed by atoms with van der Waals surface area (Å²) in [6.07, 6.45) is 2.68. The Bertz CT molecular complexity index is 943. The number of hydrogen-bond acceptors (Lipinski definition) is 7. The number of nitrogens with zero attached hydrogens (tertiary/aromatic N) is 1. The quantitative estimate of drug-likeness (QED) is 0.590. The van der Waals surface area contributed by atoms with E-state index in [-0.39, 0.29) is 5.69 Å². The van der Waals surface area contributed by atoms with Gasteiger partial charge in [0, 0.05) is 5.56 Å². The summed E-state index contributed by atoms with van der Waals surface area (Å²) in [5, 5.41) is 11.0. The maximum absolute atomic E-state index is 11.6. The molecular weight excluding hydrogens is 334 g/mol. The smallest absolute Gasteiger partial charge is 0.357 e. The molecular formula is C15H15N3O7. The van der Waals surface area contributed by atoms with E-state index in [2.05, 4.69) is 4.98 Å². The molecule has 1 aromatic carbocycles. The predicted octanol–water partition coefficient (Wildman–Crippen LogP) is 1.17. The van der Waals surface area contributed by atoms with Gasteiger partial charge in [-0.05, 0) is 24.3 Å². The molecule has 10 nitrogen and oxygen atoms in total. The fraction of sp³-hybridized carbons (Fsp3) is 0.200. The van der Waals surface area contributed by atoms with Crippen LogP contribution in [0.2, 0.25) is 0 Å². The second-order valence-corrected chi connectivity index (χ2v) is 4.68. The number of aromatic amines is 2. The van der Waals surface area contributed by atoms with Crippen molar-refractivity contribution >= 4 is 17.8 Å². The molecule has 0 aliphatic carbocycles. The normalized spacial score (nSPS) is 10.7. The van der Waals surface area contributed by atoms with Crippen molar-refractivity contribution in [2.45, 2.75) is 0 Å². The standard InChI is InChI=1S/C15H15N3O7/c1-23-10-7-5-8(12(24-2)13(10)25-3)4-6-9-11(18(21)22)14(19)17-15(20)16-9/h4-7H,1-3H3,(H2,16,17,19,20)/b6-4+. The fourth-order valence-electron chi connectivity index (χ4n) is 2.23. The van der Waals surface area contributed by atoms with Crippen molar-refractivity contribution in [3.8, 4) is 17.2 Å². The lowest BCUT2D eigenvalue weighted by atomic mass is 10.1. The highest BCUT2D eigenvalue weighted by Crippen LogP contribution is 2.40. The molecule has 132 valence electrons. The largest absolute Gasteiger partial charge is 0.493 e. The molecule has 0 saturated carbocycles. The van der Waals surface area contributed by atoms with E-state index in [4.69, 9.17) is 14.2 Å². The molecule has 2 aromatic rings. The lowest BCUT2D eigenvalue weighted by molar-refractivity contribution is -0.386. The van der Waals surface area contributed by atoms with Crippen LogP contribution < -0.4 is 25.5 Å². The van der Waals surface area contributed by atoms with Gasteiger partial charge in [-0.2, -0.15) is 0 Å². The Morgan fingerprint density at radius 3 is 2.24 bits per heavy atom. The van der Waals surface area contributed by atoms with Gasteiger partial charge in [0.2, 0.25) is 5.75 Å². The molecule has 0 aliphatic rings. The summed E-state index contributed by atoms with van der Waals surface area (Å²) in [5.74, 6) is 1.10. The maximum atomic E-state index is 11.6. The number of hydrogen-bond donors (Lipinski definition) is 2. The molecule has 0 amide bonds. The third kappa shape index (κ3) is 3.52. The molecule has 0 bridgehead atoms. The first-order valence-electron chi connectivity index (χ1n) is 6.91. The number of rotatable bonds is 6. The van der Waals surface area contributed by atoms with E-state index in [0.717, 1.165) is 0 Å². The number of nitro groups is 1. The third-order valence-electron chi connectivity index (χ3n) is 3.29. The van der Waals surface area contributed by atoms with Crippen molar-refractivity contribution in [1.82, 2.24) is 9.97 Å². The van der Waals surface area contributed by atoms with E-state index in [1.165, 1.54) is 33.5 Å². The van der Waals surface area contributed by atoms with Crippen molar-refractivity contribution in [2.24, 2.45) is 0 Å². The first kappa shape index (κ1) is 17.8. The summed E-state index contributed by atoms with van der Waals surface area (Å²) < 4.78 is 15.7. The second-order valence-electron chi connectivity index (χ2n) is 4.68. The Kier molecular flexibility index (Phi) is 5.22. The van der Waals surface area contributed by atoms with E-state index >= 15 is 0 Å². The number of ether oxygens (including phenoxy) is 3. The van der Waals surface area contributed by atoms with Crippen LogP contribution in [-0.4, -0.2) is 36.2 Å². The molecule has 10 heteroatoms. The van der Waals surface area contributed by atoms with Gasteiger partial charge in [-0.3, -0.25) is 19.9 Å². The van der Waals surface area contributed by atoms with Crippen molar-refractivity contribution in [1.29, 1.82) is 0 Å². The van der Waals surface area contributed by atoms with Crippen molar-refractivity contribution in [3.63, 3.8) is 0 Å². The first-order chi connectivity index (χ1) is 11.9. The van der Waals surface area contributed by atoms with Crippen LogP contribution >= 0.6 is 0 Å². The zero-order valence-electron chi connectivity index (χ0n) is 13.6. The molecule has 0 saturated heterocycles. The lowest BCUT2D eigenvalue weighted by Gasteiger charge is -2.13. The van der Waals surface area contributed by atoms with Gasteiger partial charge < -0.3 is 19.2 Å². The summed E-state index contributed by atoms with van der Waals surface area (Å²) in [4.78, 5) is 37.2. The molecule has 0 fully saturated rings. The van der Waals surface area contributed by atoms with Gasteiger partial charge in [-0.15, -0.1) is 0 Å². The minimum absolute atomic E-state index is 0.240. The second kappa shape index (κ2) is 7.34. The van der Waals surface area contributed by atoms with Crippen LogP contribution in [0, 0.1) is 10.1 Å². The molecule has 1 heterocycles. The number of benzene rings is 1. The number of nitrogens with one attached hydrogen (secondary N) is 2. The topological polar surface area (TPSA) is 137 Å². The highest BCUT2D eigenvalue weighted by Gasteiger charge is 2.19. The van der Waals surface area contributed by atoms with Gasteiger partial charge in [-0.1, -0.05) is 0 Å². The van der Waals surface area contributed by atoms with Gasteiger partial charge in [-0.25, -0.2) is 4.79 Å². The van der Waals surface area contributed by atoms with Crippen LogP contribution in [0.3, 0.4) is 0 Å². The highest BCUT2D eigenvalue weighted by molar-refractivity contribution is 5.76. The van der Waals surface area contributed by atoms with Gasteiger partial charge in [0.25, 0.3) is 0 Å². The summed E-state index contributed by atoms with van der Waals surface area (Å²) in [5.41, 5.74) is -2.45. The molecule has 0 aliphatic heterocycles. The average molecular weight is 349 g/mol. The van der Waals surface area contributed by atoms with Crippen molar-refractivity contribution in [3.05, 3.63) is 54.3 Å². The van der Waals surface area contributed by atoms with Crippen LogP contribution in [0.4, 0.5) is 5.69 Å². The molecule has 2 rings (SSSR count). The van der Waals surface area contributed by atoms with E-state index in [0.29, 0.717) is 22.8 Å². The predicted molar refractivity (Wildman–Crippen MR) is 89.4 cm³/mol. The molecule has 0 atom stereocenters. The Labute approximate surface area is 140 Å². The van der Waals surface area contributed by atoms with Crippen LogP contribution in [0.15, 0.2) is 21.7 Å². The van der Waals surface area contributed by atoms with Crippen molar-refractivity contribution < 1.29 is 19.1 Å². The van der Waals surface area contributed by atoms with Gasteiger partial charge in [0.1, 0.15) is 5.69 Å². The first-order valence-corrected chi connectivity index (χ1v) is 6.91. The molecule has 0 unspecified atom stereocenters. The summed E-state index contributed by atoms with van der Waals surface area (Å²) in [6.45, 7) is 0. The van der Waals surface area contributed by atoms with Crippen LogP contribution in [0.25, 0.3) is 12.2 Å². The molecule has 0 spiro atoms. The zero-order valence-corrected chi connectivity index (χ0v) is 13.6. The van der Waals surface area contributed by atoms with E-state index < -0.39 is 21.9 Å². The van der Waals surface area contributed by atoms with Crippen molar-refractivity contribution in [2.75, 3.05) is 21.3 Å². The van der Waals surface area contributed by atoms with Gasteiger partial charge in [0.05, 0.1) is 26.3 Å². The number of methoxy groups -OCH3 is 3. The summed E-state index contributed by atoms with van der Waals surface area (Å²) >= 11 is 0. The average Bonchev–Trinajstić information content (AvgIpc) is 2.57. The Morgan fingerprint density at radius 1 is 1.00 bits per heavy atom. The molecule has 1 aromatic heterocycles. The molecule has 2 N–H and O–H groups in total.